The number of carbonyl (C=O) groups is 1. The molecule has 0 heterocycles. The van der Waals surface area contributed by atoms with E-state index in [0.717, 1.165) is 37.9 Å². The first-order valence-corrected chi connectivity index (χ1v) is 8.54. The number of rotatable bonds is 1. The second kappa shape index (κ2) is 4.97. The summed E-state index contributed by atoms with van der Waals surface area (Å²) in [6.07, 6.45) is 8.53. The van der Waals surface area contributed by atoms with Crippen LogP contribution in [0.1, 0.15) is 56.1 Å². The highest BCUT2D eigenvalue weighted by molar-refractivity contribution is 5.89. The standard InChI is InChI=1S/C20H24O2/c1-20-11-10-16-15-9-7-14(22-2)12-13(15)6-8-17(16)18(20)4-3-5-19(20)21/h4,7,9,12,16-17H,3,5-6,8,10-11H2,1-2H3. The van der Waals surface area contributed by atoms with E-state index in [1.54, 1.807) is 7.11 Å². The number of fused-ring (bicyclic) bond motifs is 5. The van der Waals surface area contributed by atoms with Crippen molar-refractivity contribution in [3.8, 4) is 5.75 Å². The van der Waals surface area contributed by atoms with Gasteiger partial charge in [0.15, 0.2) is 0 Å². The van der Waals surface area contributed by atoms with E-state index in [1.807, 2.05) is 0 Å². The summed E-state index contributed by atoms with van der Waals surface area (Å²) < 4.78 is 5.38. The number of Topliss-reactive ketones (excluding diaryl/α,β-unsaturated/α-hetero) is 1. The van der Waals surface area contributed by atoms with E-state index in [9.17, 15) is 4.79 Å². The van der Waals surface area contributed by atoms with Crippen LogP contribution in [0.15, 0.2) is 29.8 Å². The van der Waals surface area contributed by atoms with Crippen LogP contribution < -0.4 is 4.74 Å². The molecule has 3 atom stereocenters. The number of carbonyl (C=O) groups excluding carboxylic acids is 1. The fourth-order valence-corrected chi connectivity index (χ4v) is 5.05. The van der Waals surface area contributed by atoms with Crippen LogP contribution in [-0.4, -0.2) is 12.9 Å². The summed E-state index contributed by atoms with van der Waals surface area (Å²) in [4.78, 5) is 12.5. The van der Waals surface area contributed by atoms with E-state index in [1.165, 1.54) is 23.1 Å². The molecule has 0 N–H and O–H groups in total. The molecule has 4 rings (SSSR count). The van der Waals surface area contributed by atoms with Crippen molar-refractivity contribution in [1.29, 1.82) is 0 Å². The summed E-state index contributed by atoms with van der Waals surface area (Å²) in [5.74, 6) is 2.61. The quantitative estimate of drug-likeness (QED) is 0.717. The van der Waals surface area contributed by atoms with Crippen molar-refractivity contribution in [3.05, 3.63) is 41.0 Å². The normalized spacial score (nSPS) is 33.4. The molecule has 22 heavy (non-hydrogen) atoms. The van der Waals surface area contributed by atoms with Crippen LogP contribution in [0.2, 0.25) is 0 Å². The number of hydrogen-bond donors (Lipinski definition) is 0. The molecule has 1 fully saturated rings. The van der Waals surface area contributed by atoms with Crippen molar-refractivity contribution in [1.82, 2.24) is 0 Å². The van der Waals surface area contributed by atoms with Crippen molar-refractivity contribution < 1.29 is 9.53 Å². The number of aryl methyl sites for hydroxylation is 1. The summed E-state index contributed by atoms with van der Waals surface area (Å²) in [6.45, 7) is 2.19. The van der Waals surface area contributed by atoms with Gasteiger partial charge >= 0.3 is 0 Å². The summed E-state index contributed by atoms with van der Waals surface area (Å²) in [7, 11) is 1.73. The van der Waals surface area contributed by atoms with Gasteiger partial charge in [-0.15, -0.1) is 0 Å². The average molecular weight is 296 g/mol. The third kappa shape index (κ3) is 1.89. The average Bonchev–Trinajstić information content (AvgIpc) is 2.55. The Balaban J connectivity index is 1.74. The Morgan fingerprint density at radius 3 is 2.86 bits per heavy atom. The molecule has 3 aliphatic rings. The molecule has 0 radical (unpaired) electrons. The fraction of sp³-hybridized carbons (Fsp3) is 0.550. The van der Waals surface area contributed by atoms with Gasteiger partial charge in [0, 0.05) is 11.8 Å². The Kier molecular flexibility index (Phi) is 3.18. The zero-order chi connectivity index (χ0) is 15.3. The highest BCUT2D eigenvalue weighted by Crippen LogP contribution is 2.56. The van der Waals surface area contributed by atoms with Gasteiger partial charge in [-0.25, -0.2) is 0 Å². The number of allylic oxidation sites excluding steroid dienone is 2. The second-order valence-corrected chi connectivity index (χ2v) is 7.31. The molecule has 1 saturated carbocycles. The van der Waals surface area contributed by atoms with E-state index in [-0.39, 0.29) is 5.41 Å². The van der Waals surface area contributed by atoms with Crippen LogP contribution in [0.4, 0.5) is 0 Å². The lowest BCUT2D eigenvalue weighted by atomic mass is 9.54. The molecule has 1 aromatic carbocycles. The van der Waals surface area contributed by atoms with Crippen LogP contribution >= 0.6 is 0 Å². The van der Waals surface area contributed by atoms with Gasteiger partial charge in [-0.2, -0.15) is 0 Å². The third-order valence-electron chi connectivity index (χ3n) is 6.30. The topological polar surface area (TPSA) is 26.3 Å². The summed E-state index contributed by atoms with van der Waals surface area (Å²) >= 11 is 0. The van der Waals surface area contributed by atoms with Crippen molar-refractivity contribution in [2.75, 3.05) is 7.11 Å². The molecule has 0 spiro atoms. The number of ketones is 1. The van der Waals surface area contributed by atoms with E-state index in [0.29, 0.717) is 17.6 Å². The van der Waals surface area contributed by atoms with Crippen LogP contribution in [0.5, 0.6) is 5.75 Å². The molecule has 1 aromatic rings. The number of methoxy groups -OCH3 is 1. The maximum absolute atomic E-state index is 12.5. The predicted molar refractivity (Wildman–Crippen MR) is 87.2 cm³/mol. The van der Waals surface area contributed by atoms with E-state index >= 15 is 0 Å². The first-order valence-electron chi connectivity index (χ1n) is 8.54. The second-order valence-electron chi connectivity index (χ2n) is 7.31. The number of ether oxygens (including phenoxy) is 1. The third-order valence-corrected chi connectivity index (χ3v) is 6.30. The van der Waals surface area contributed by atoms with Gasteiger partial charge < -0.3 is 4.74 Å². The smallest absolute Gasteiger partial charge is 0.143 e. The molecule has 3 aliphatic carbocycles. The van der Waals surface area contributed by atoms with Gasteiger partial charge in [-0.1, -0.05) is 17.7 Å². The molecule has 0 amide bonds. The maximum atomic E-state index is 12.5. The molecule has 0 saturated heterocycles. The largest absolute Gasteiger partial charge is 0.497 e. The van der Waals surface area contributed by atoms with E-state index < -0.39 is 0 Å². The molecule has 3 unspecified atom stereocenters. The first-order chi connectivity index (χ1) is 10.6. The SMILES string of the molecule is COc1ccc2c(c1)CCC1C3=CCCC(=O)C3(C)CCC21. The summed E-state index contributed by atoms with van der Waals surface area (Å²) in [5, 5.41) is 0. The monoisotopic (exact) mass is 296 g/mol. The minimum absolute atomic E-state index is 0.163. The van der Waals surface area contributed by atoms with Crippen LogP contribution in [-0.2, 0) is 11.2 Å². The number of hydrogen-bond acceptors (Lipinski definition) is 2. The van der Waals surface area contributed by atoms with Crippen LogP contribution in [0, 0.1) is 11.3 Å². The Morgan fingerprint density at radius 2 is 2.05 bits per heavy atom. The zero-order valence-corrected chi connectivity index (χ0v) is 13.5. The van der Waals surface area contributed by atoms with Crippen molar-refractivity contribution in [2.45, 2.75) is 51.4 Å². The summed E-state index contributed by atoms with van der Waals surface area (Å²) in [6, 6.07) is 6.56. The Hall–Kier alpha value is -1.57. The van der Waals surface area contributed by atoms with Crippen LogP contribution in [0.3, 0.4) is 0 Å². The fourth-order valence-electron chi connectivity index (χ4n) is 5.05. The van der Waals surface area contributed by atoms with Crippen LogP contribution in [0.25, 0.3) is 0 Å². The van der Waals surface area contributed by atoms with Gasteiger partial charge in [-0.3, -0.25) is 4.79 Å². The Bertz CT molecular complexity index is 658. The van der Waals surface area contributed by atoms with Gasteiger partial charge in [-0.05, 0) is 74.1 Å². The van der Waals surface area contributed by atoms with E-state index in [2.05, 4.69) is 31.2 Å². The molecule has 2 nitrogen and oxygen atoms in total. The molecule has 0 aliphatic heterocycles. The molecule has 0 bridgehead atoms. The highest BCUT2D eigenvalue weighted by atomic mass is 16.5. The van der Waals surface area contributed by atoms with Gasteiger partial charge in [0.2, 0.25) is 0 Å². The lowest BCUT2D eigenvalue weighted by Crippen LogP contribution is -2.42. The maximum Gasteiger partial charge on any atom is 0.143 e. The van der Waals surface area contributed by atoms with E-state index in [4.69, 9.17) is 4.74 Å². The minimum atomic E-state index is -0.163. The molecule has 116 valence electrons. The highest BCUT2D eigenvalue weighted by Gasteiger charge is 2.48. The molecule has 2 heteroatoms. The lowest BCUT2D eigenvalue weighted by Gasteiger charge is -2.48. The van der Waals surface area contributed by atoms with Gasteiger partial charge in [0.05, 0.1) is 7.11 Å². The zero-order valence-electron chi connectivity index (χ0n) is 13.5. The van der Waals surface area contributed by atoms with Gasteiger partial charge in [0.1, 0.15) is 11.5 Å². The minimum Gasteiger partial charge on any atom is -0.497 e. The number of benzene rings is 1. The molecular formula is C20H24O2. The Labute approximate surface area is 132 Å². The van der Waals surface area contributed by atoms with Crippen molar-refractivity contribution in [3.63, 3.8) is 0 Å². The first kappa shape index (κ1) is 14.0. The van der Waals surface area contributed by atoms with Crippen molar-refractivity contribution >= 4 is 5.78 Å². The Morgan fingerprint density at radius 1 is 1.18 bits per heavy atom. The summed E-state index contributed by atoms with van der Waals surface area (Å²) in [5.41, 5.74) is 4.25. The lowest BCUT2D eigenvalue weighted by molar-refractivity contribution is -0.128. The molecule has 0 aromatic heterocycles. The molecular weight excluding hydrogens is 272 g/mol. The van der Waals surface area contributed by atoms with Crippen molar-refractivity contribution in [2.24, 2.45) is 11.3 Å². The van der Waals surface area contributed by atoms with Gasteiger partial charge in [0.25, 0.3) is 0 Å². The predicted octanol–water partition coefficient (Wildman–Crippen LogP) is 4.43.